The van der Waals surface area contributed by atoms with E-state index in [2.05, 4.69) is 25.5 Å². The van der Waals surface area contributed by atoms with Crippen molar-refractivity contribution in [3.8, 4) is 5.88 Å². The molecule has 0 saturated carbocycles. The minimum atomic E-state index is 0.0188. The number of hydrogen-bond donors (Lipinski definition) is 0. The van der Waals surface area contributed by atoms with Crippen LogP contribution in [0.25, 0.3) is 0 Å². The number of halogens is 1. The highest BCUT2D eigenvalue weighted by Crippen LogP contribution is 2.25. The van der Waals surface area contributed by atoms with Gasteiger partial charge in [-0.25, -0.2) is 9.67 Å². The van der Waals surface area contributed by atoms with Crippen molar-refractivity contribution in [2.45, 2.75) is 30.3 Å². The minimum Gasteiger partial charge on any atom is -0.475 e. The van der Waals surface area contributed by atoms with Crippen LogP contribution in [-0.4, -0.2) is 36.3 Å². The molecule has 0 atom stereocenters. The van der Waals surface area contributed by atoms with Gasteiger partial charge in [0.05, 0.1) is 6.10 Å². The third kappa shape index (κ3) is 3.30. The molecule has 0 aliphatic rings. The summed E-state index contributed by atoms with van der Waals surface area (Å²) in [4.78, 5) is 8.31. The molecule has 0 aliphatic heterocycles. The molecular weight excluding hydrogens is 276 g/mol. The van der Waals surface area contributed by atoms with Crippen LogP contribution >= 0.6 is 23.4 Å². The molecule has 9 heteroatoms. The number of tetrazole rings is 1. The monoisotopic (exact) mass is 286 g/mol. The predicted molar refractivity (Wildman–Crippen MR) is 65.7 cm³/mol. The van der Waals surface area contributed by atoms with Gasteiger partial charge in [0.1, 0.15) is 5.15 Å². The molecule has 2 aromatic heterocycles. The van der Waals surface area contributed by atoms with Crippen LogP contribution in [0.1, 0.15) is 13.8 Å². The fraction of sp³-hybridized carbons (Fsp3) is 0.444. The van der Waals surface area contributed by atoms with Crippen LogP contribution in [0.15, 0.2) is 16.4 Å². The maximum atomic E-state index is 5.91. The van der Waals surface area contributed by atoms with Gasteiger partial charge >= 0.3 is 0 Å². The molecule has 96 valence electrons. The molecule has 0 amide bonds. The number of aromatic nitrogens is 6. The highest BCUT2D eigenvalue weighted by molar-refractivity contribution is 7.99. The zero-order chi connectivity index (χ0) is 13.1. The second kappa shape index (κ2) is 5.49. The van der Waals surface area contributed by atoms with Crippen LogP contribution < -0.4 is 4.74 Å². The molecule has 2 rings (SSSR count). The van der Waals surface area contributed by atoms with Gasteiger partial charge < -0.3 is 4.74 Å². The van der Waals surface area contributed by atoms with E-state index in [1.807, 2.05) is 13.8 Å². The normalized spacial score (nSPS) is 10.9. The third-order valence-corrected chi connectivity index (χ3v) is 2.86. The molecule has 0 saturated heterocycles. The summed E-state index contributed by atoms with van der Waals surface area (Å²) < 4.78 is 7.00. The Hall–Kier alpha value is -1.41. The molecule has 2 heterocycles. The molecule has 2 aromatic rings. The number of aryl methyl sites for hydroxylation is 1. The number of ether oxygens (including phenoxy) is 1. The number of hydrogen-bond acceptors (Lipinski definition) is 7. The Morgan fingerprint density at radius 3 is 2.78 bits per heavy atom. The largest absolute Gasteiger partial charge is 0.475 e. The van der Waals surface area contributed by atoms with Crippen molar-refractivity contribution >= 4 is 23.4 Å². The van der Waals surface area contributed by atoms with Gasteiger partial charge in [0.15, 0.2) is 5.16 Å². The van der Waals surface area contributed by atoms with Gasteiger partial charge in [-0.15, -0.1) is 5.10 Å². The van der Waals surface area contributed by atoms with Crippen LogP contribution in [0.5, 0.6) is 5.88 Å². The van der Waals surface area contributed by atoms with E-state index in [1.54, 1.807) is 13.1 Å². The van der Waals surface area contributed by atoms with E-state index < -0.39 is 0 Å². The smallest absolute Gasteiger partial charge is 0.219 e. The van der Waals surface area contributed by atoms with Crippen molar-refractivity contribution in [2.75, 3.05) is 0 Å². The van der Waals surface area contributed by atoms with E-state index in [1.165, 1.54) is 16.4 Å². The minimum absolute atomic E-state index is 0.0188. The zero-order valence-electron chi connectivity index (χ0n) is 10.0. The molecule has 0 bridgehead atoms. The van der Waals surface area contributed by atoms with Gasteiger partial charge in [-0.1, -0.05) is 11.6 Å². The molecule has 0 N–H and O–H groups in total. The summed E-state index contributed by atoms with van der Waals surface area (Å²) >= 11 is 7.13. The molecule has 7 nitrogen and oxygen atoms in total. The van der Waals surface area contributed by atoms with Crippen LogP contribution in [-0.2, 0) is 7.05 Å². The van der Waals surface area contributed by atoms with Crippen molar-refractivity contribution in [2.24, 2.45) is 7.05 Å². The van der Waals surface area contributed by atoms with E-state index >= 15 is 0 Å². The number of rotatable bonds is 4. The SMILES string of the molecule is CC(C)Oc1cc(Cl)nc(Sc2nnnn2C)n1. The Morgan fingerprint density at radius 2 is 2.17 bits per heavy atom. The summed E-state index contributed by atoms with van der Waals surface area (Å²) in [5.41, 5.74) is 0. The van der Waals surface area contributed by atoms with Crippen molar-refractivity contribution in [3.05, 3.63) is 11.2 Å². The quantitative estimate of drug-likeness (QED) is 0.624. The standard InChI is InChI=1S/C9H11ClN6OS/c1-5(2)17-7-4-6(10)11-8(12-7)18-9-13-14-15-16(9)3/h4-5H,1-3H3. The third-order valence-electron chi connectivity index (χ3n) is 1.77. The fourth-order valence-corrected chi connectivity index (χ4v) is 2.03. The molecule has 18 heavy (non-hydrogen) atoms. The van der Waals surface area contributed by atoms with Crippen molar-refractivity contribution < 1.29 is 4.74 Å². The average Bonchev–Trinajstić information content (AvgIpc) is 2.62. The highest BCUT2D eigenvalue weighted by atomic mass is 35.5. The molecule has 0 aromatic carbocycles. The molecule has 0 fully saturated rings. The molecule has 0 radical (unpaired) electrons. The lowest BCUT2D eigenvalue weighted by Crippen LogP contribution is -2.07. The average molecular weight is 287 g/mol. The predicted octanol–water partition coefficient (Wildman–Crippen LogP) is 1.59. The second-order valence-corrected chi connectivity index (χ2v) is 4.99. The maximum Gasteiger partial charge on any atom is 0.219 e. The van der Waals surface area contributed by atoms with Crippen molar-refractivity contribution in [1.29, 1.82) is 0 Å². The van der Waals surface area contributed by atoms with E-state index in [0.717, 1.165) is 0 Å². The molecular formula is C9H11ClN6OS. The Balaban J connectivity index is 2.23. The Labute approximate surface area is 113 Å². The van der Waals surface area contributed by atoms with Crippen LogP contribution in [0.3, 0.4) is 0 Å². The van der Waals surface area contributed by atoms with Gasteiger partial charge in [-0.2, -0.15) is 4.98 Å². The van der Waals surface area contributed by atoms with Crippen LogP contribution in [0.4, 0.5) is 0 Å². The van der Waals surface area contributed by atoms with E-state index in [0.29, 0.717) is 21.3 Å². The first-order chi connectivity index (χ1) is 8.54. The summed E-state index contributed by atoms with van der Waals surface area (Å²) in [7, 11) is 1.73. The topological polar surface area (TPSA) is 78.6 Å². The van der Waals surface area contributed by atoms with Crippen LogP contribution in [0, 0.1) is 0 Å². The molecule has 0 spiro atoms. The Morgan fingerprint density at radius 1 is 1.39 bits per heavy atom. The van der Waals surface area contributed by atoms with Crippen LogP contribution in [0.2, 0.25) is 5.15 Å². The zero-order valence-corrected chi connectivity index (χ0v) is 11.6. The highest BCUT2D eigenvalue weighted by Gasteiger charge is 2.11. The first-order valence-electron chi connectivity index (χ1n) is 5.16. The van der Waals surface area contributed by atoms with Gasteiger partial charge in [0, 0.05) is 13.1 Å². The lowest BCUT2D eigenvalue weighted by molar-refractivity contribution is 0.230. The van der Waals surface area contributed by atoms with E-state index in [-0.39, 0.29) is 6.10 Å². The fourth-order valence-electron chi connectivity index (χ4n) is 1.11. The first-order valence-corrected chi connectivity index (χ1v) is 6.35. The maximum absolute atomic E-state index is 5.91. The Kier molecular flexibility index (Phi) is 3.97. The molecule has 0 unspecified atom stereocenters. The van der Waals surface area contributed by atoms with Gasteiger partial charge in [-0.3, -0.25) is 0 Å². The lowest BCUT2D eigenvalue weighted by Gasteiger charge is -2.09. The van der Waals surface area contributed by atoms with E-state index in [9.17, 15) is 0 Å². The van der Waals surface area contributed by atoms with Gasteiger partial charge in [-0.05, 0) is 36.0 Å². The Bertz CT molecular complexity index is 546. The van der Waals surface area contributed by atoms with Crippen molar-refractivity contribution in [1.82, 2.24) is 30.2 Å². The van der Waals surface area contributed by atoms with Gasteiger partial charge in [0.2, 0.25) is 11.0 Å². The van der Waals surface area contributed by atoms with E-state index in [4.69, 9.17) is 16.3 Å². The summed E-state index contributed by atoms with van der Waals surface area (Å²) in [6, 6.07) is 1.57. The lowest BCUT2D eigenvalue weighted by atomic mass is 10.5. The summed E-state index contributed by atoms with van der Waals surface area (Å²) in [5.74, 6) is 0.433. The van der Waals surface area contributed by atoms with Crippen molar-refractivity contribution in [3.63, 3.8) is 0 Å². The molecule has 0 aliphatic carbocycles. The summed E-state index contributed by atoms with van der Waals surface area (Å²) in [6.07, 6.45) is 0.0188. The summed E-state index contributed by atoms with van der Waals surface area (Å²) in [5, 5.41) is 12.4. The second-order valence-electron chi connectivity index (χ2n) is 3.67. The summed E-state index contributed by atoms with van der Waals surface area (Å²) in [6.45, 7) is 3.82. The van der Waals surface area contributed by atoms with Gasteiger partial charge in [0.25, 0.3) is 0 Å². The first kappa shape index (κ1) is 13.0. The number of nitrogens with zero attached hydrogens (tertiary/aromatic N) is 6.